The number of hydrogen-bond donors (Lipinski definition) is 0. The van der Waals surface area contributed by atoms with Gasteiger partial charge in [-0.2, -0.15) is 0 Å². The molecule has 1 aliphatic carbocycles. The Hall–Kier alpha value is -0.540. The molecule has 0 bridgehead atoms. The Labute approximate surface area is 89.1 Å². The molecule has 0 saturated carbocycles. The van der Waals surface area contributed by atoms with Crippen molar-refractivity contribution in [3.05, 3.63) is 32.7 Å². The minimum absolute atomic E-state index is 1.11. The van der Waals surface area contributed by atoms with Crippen LogP contribution in [-0.4, -0.2) is 4.57 Å². The van der Waals surface area contributed by atoms with Crippen molar-refractivity contribution in [1.29, 1.82) is 0 Å². The summed E-state index contributed by atoms with van der Waals surface area (Å²) < 4.78 is 3.38. The van der Waals surface area contributed by atoms with Crippen LogP contribution in [0.15, 0.2) is 22.2 Å². The molecule has 0 N–H and O–H groups in total. The van der Waals surface area contributed by atoms with E-state index in [0.717, 1.165) is 6.42 Å². The van der Waals surface area contributed by atoms with E-state index in [1.165, 1.54) is 26.0 Å². The number of aryl methyl sites for hydroxylation is 1. The second-order valence-electron chi connectivity index (χ2n) is 3.42. The third-order valence-electron chi connectivity index (χ3n) is 2.48. The number of thiophene rings is 1. The number of fused-ring (bicyclic) bond motifs is 3. The van der Waals surface area contributed by atoms with E-state index < -0.39 is 0 Å². The highest BCUT2D eigenvalue weighted by Gasteiger charge is 2.23. The molecule has 0 aromatic carbocycles. The lowest BCUT2D eigenvalue weighted by Crippen LogP contribution is -1.81. The second-order valence-corrected chi connectivity index (χ2v) is 5.24. The van der Waals surface area contributed by atoms with Crippen LogP contribution in [0, 0.1) is 0 Å². The Kier molecular flexibility index (Phi) is 1.50. The summed E-state index contributed by atoms with van der Waals surface area (Å²) in [4.78, 5) is 1.50. The van der Waals surface area contributed by atoms with Crippen LogP contribution >= 0.6 is 27.3 Å². The van der Waals surface area contributed by atoms with Crippen LogP contribution in [0.2, 0.25) is 0 Å². The summed E-state index contributed by atoms with van der Waals surface area (Å²) in [6, 6.07) is 0. The third kappa shape index (κ3) is 0.973. The maximum atomic E-state index is 3.60. The molecule has 1 nitrogen and oxygen atoms in total. The van der Waals surface area contributed by atoms with Crippen LogP contribution in [0.5, 0.6) is 0 Å². The fourth-order valence-electron chi connectivity index (χ4n) is 1.96. The molecule has 0 aliphatic heterocycles. The minimum Gasteiger partial charge on any atom is -0.356 e. The molecule has 2 heterocycles. The summed E-state index contributed by atoms with van der Waals surface area (Å²) in [6.07, 6.45) is 5.54. The van der Waals surface area contributed by atoms with Crippen molar-refractivity contribution in [3.63, 3.8) is 0 Å². The Balaban J connectivity index is 2.33. The average Bonchev–Trinajstić information content (AvgIpc) is 2.63. The van der Waals surface area contributed by atoms with Crippen molar-refractivity contribution >= 4 is 27.3 Å². The number of hydrogen-bond acceptors (Lipinski definition) is 1. The van der Waals surface area contributed by atoms with Gasteiger partial charge in [0.1, 0.15) is 0 Å². The van der Waals surface area contributed by atoms with Crippen molar-refractivity contribution in [2.45, 2.75) is 6.42 Å². The summed E-state index contributed by atoms with van der Waals surface area (Å²) in [5.74, 6) is 0. The topological polar surface area (TPSA) is 4.93 Å². The van der Waals surface area contributed by atoms with E-state index in [-0.39, 0.29) is 0 Å². The number of nitrogens with zero attached hydrogens (tertiary/aromatic N) is 1. The Morgan fingerprint density at radius 1 is 1.46 bits per heavy atom. The van der Waals surface area contributed by atoms with Gasteiger partial charge >= 0.3 is 0 Å². The van der Waals surface area contributed by atoms with E-state index >= 15 is 0 Å². The lowest BCUT2D eigenvalue weighted by atomic mass is 10.2. The Morgan fingerprint density at radius 2 is 2.31 bits per heavy atom. The molecule has 0 radical (unpaired) electrons. The maximum Gasteiger partial charge on any atom is 0.0364 e. The molecule has 1 aliphatic rings. The van der Waals surface area contributed by atoms with Gasteiger partial charge in [-0.25, -0.2) is 0 Å². The SMILES string of the molecule is Cn1cc2c(c1)-c1c(Br)csc1C2. The van der Waals surface area contributed by atoms with Crippen molar-refractivity contribution in [2.24, 2.45) is 7.05 Å². The molecular weight excluding hydrogens is 246 g/mol. The zero-order chi connectivity index (χ0) is 9.00. The van der Waals surface area contributed by atoms with Crippen molar-refractivity contribution in [2.75, 3.05) is 0 Å². The fraction of sp³-hybridized carbons (Fsp3) is 0.200. The normalized spacial score (nSPS) is 13.1. The molecular formula is C10H8BrNS. The average molecular weight is 254 g/mol. The van der Waals surface area contributed by atoms with Gasteiger partial charge in [-0.15, -0.1) is 11.3 Å². The highest BCUT2D eigenvalue weighted by molar-refractivity contribution is 9.10. The van der Waals surface area contributed by atoms with Crippen LogP contribution in [0.1, 0.15) is 10.4 Å². The number of aromatic nitrogens is 1. The van der Waals surface area contributed by atoms with Gasteiger partial charge in [0.05, 0.1) is 0 Å². The molecule has 0 fully saturated rings. The molecule has 2 aromatic heterocycles. The highest BCUT2D eigenvalue weighted by atomic mass is 79.9. The maximum absolute atomic E-state index is 3.60. The third-order valence-corrected chi connectivity index (χ3v) is 4.40. The van der Waals surface area contributed by atoms with E-state index in [1.54, 1.807) is 0 Å². The summed E-state index contributed by atoms with van der Waals surface area (Å²) in [5.41, 5.74) is 4.29. The standard InChI is InChI=1S/C10H8BrNS/c1-12-3-6-2-9-10(7(6)4-12)8(11)5-13-9/h3-5H,2H2,1H3. The second kappa shape index (κ2) is 2.49. The first kappa shape index (κ1) is 7.83. The molecule has 66 valence electrons. The Bertz CT molecular complexity index is 481. The van der Waals surface area contributed by atoms with E-state index in [2.05, 4.69) is 45.3 Å². The Morgan fingerprint density at radius 3 is 3.15 bits per heavy atom. The molecule has 3 rings (SSSR count). The van der Waals surface area contributed by atoms with Crippen molar-refractivity contribution < 1.29 is 0 Å². The van der Waals surface area contributed by atoms with Gasteiger partial charge in [-0.05, 0) is 21.5 Å². The van der Waals surface area contributed by atoms with Crippen molar-refractivity contribution in [1.82, 2.24) is 4.57 Å². The predicted molar refractivity (Wildman–Crippen MR) is 59.2 cm³/mol. The zero-order valence-corrected chi connectivity index (χ0v) is 9.58. The largest absolute Gasteiger partial charge is 0.356 e. The first-order valence-electron chi connectivity index (χ1n) is 4.17. The van der Waals surface area contributed by atoms with E-state index in [1.807, 2.05) is 11.3 Å². The van der Waals surface area contributed by atoms with Crippen LogP contribution < -0.4 is 0 Å². The molecule has 2 aromatic rings. The lowest BCUT2D eigenvalue weighted by Gasteiger charge is -1.92. The summed E-state index contributed by atoms with van der Waals surface area (Å²) in [6.45, 7) is 0. The van der Waals surface area contributed by atoms with Crippen LogP contribution in [-0.2, 0) is 13.5 Å². The van der Waals surface area contributed by atoms with E-state index in [4.69, 9.17) is 0 Å². The summed E-state index contributed by atoms with van der Waals surface area (Å²) in [7, 11) is 2.08. The number of rotatable bonds is 0. The van der Waals surface area contributed by atoms with Crippen LogP contribution in [0.3, 0.4) is 0 Å². The van der Waals surface area contributed by atoms with Gasteiger partial charge in [0, 0.05) is 51.7 Å². The molecule has 0 spiro atoms. The van der Waals surface area contributed by atoms with Gasteiger partial charge in [0.15, 0.2) is 0 Å². The molecule has 0 unspecified atom stereocenters. The van der Waals surface area contributed by atoms with E-state index in [0.29, 0.717) is 0 Å². The fourth-order valence-corrected chi connectivity index (χ4v) is 3.77. The molecule has 13 heavy (non-hydrogen) atoms. The molecule has 0 saturated heterocycles. The lowest BCUT2D eigenvalue weighted by molar-refractivity contribution is 0.921. The van der Waals surface area contributed by atoms with Gasteiger partial charge in [-0.1, -0.05) is 0 Å². The van der Waals surface area contributed by atoms with Gasteiger partial charge < -0.3 is 4.57 Å². The molecule has 0 atom stereocenters. The number of halogens is 1. The monoisotopic (exact) mass is 253 g/mol. The summed E-state index contributed by atoms with van der Waals surface area (Å²) >= 11 is 5.45. The van der Waals surface area contributed by atoms with Gasteiger partial charge in [0.25, 0.3) is 0 Å². The smallest absolute Gasteiger partial charge is 0.0364 e. The quantitative estimate of drug-likeness (QED) is 0.579. The zero-order valence-electron chi connectivity index (χ0n) is 7.17. The van der Waals surface area contributed by atoms with E-state index in [9.17, 15) is 0 Å². The van der Waals surface area contributed by atoms with Gasteiger partial charge in [0.2, 0.25) is 0 Å². The van der Waals surface area contributed by atoms with Crippen LogP contribution in [0.4, 0.5) is 0 Å². The van der Waals surface area contributed by atoms with Gasteiger partial charge in [-0.3, -0.25) is 0 Å². The first-order valence-corrected chi connectivity index (χ1v) is 5.84. The highest BCUT2D eigenvalue weighted by Crippen LogP contribution is 2.45. The predicted octanol–water partition coefficient (Wildman–Crippen LogP) is 3.42. The summed E-state index contributed by atoms with van der Waals surface area (Å²) in [5, 5.41) is 2.18. The molecule has 3 heteroatoms. The minimum atomic E-state index is 1.11. The first-order chi connectivity index (χ1) is 6.25. The molecule has 0 amide bonds. The van der Waals surface area contributed by atoms with Crippen LogP contribution in [0.25, 0.3) is 11.1 Å². The van der Waals surface area contributed by atoms with Crippen molar-refractivity contribution in [3.8, 4) is 11.1 Å².